The molecule has 0 atom stereocenters. The first-order valence-corrected chi connectivity index (χ1v) is 6.84. The van der Waals surface area contributed by atoms with Crippen molar-refractivity contribution in [3.05, 3.63) is 21.3 Å². The smallest absolute Gasteiger partial charge is 0.0931 e. The van der Waals surface area contributed by atoms with E-state index in [0.29, 0.717) is 5.54 Å². The van der Waals surface area contributed by atoms with Crippen LogP contribution in [0.2, 0.25) is 4.34 Å². The van der Waals surface area contributed by atoms with Crippen LogP contribution in [-0.4, -0.2) is 5.54 Å². The minimum absolute atomic E-state index is 0.302. The van der Waals surface area contributed by atoms with Crippen molar-refractivity contribution >= 4 is 22.9 Å². The Morgan fingerprint density at radius 1 is 1.20 bits per heavy atom. The summed E-state index contributed by atoms with van der Waals surface area (Å²) in [5.41, 5.74) is 0.302. The van der Waals surface area contributed by atoms with Crippen molar-refractivity contribution in [2.24, 2.45) is 0 Å². The molecule has 1 N–H and O–H groups in total. The van der Waals surface area contributed by atoms with Gasteiger partial charge in [-0.25, -0.2) is 0 Å². The van der Waals surface area contributed by atoms with E-state index in [2.05, 4.69) is 32.2 Å². The fourth-order valence-electron chi connectivity index (χ4n) is 1.85. The molecule has 0 saturated carbocycles. The Morgan fingerprint density at radius 2 is 1.80 bits per heavy atom. The highest BCUT2D eigenvalue weighted by molar-refractivity contribution is 7.16. The Bertz CT molecular complexity index is 283. The maximum atomic E-state index is 5.90. The van der Waals surface area contributed by atoms with Gasteiger partial charge in [-0.3, -0.25) is 0 Å². The van der Waals surface area contributed by atoms with Crippen LogP contribution in [0, 0.1) is 0 Å². The second kappa shape index (κ2) is 5.88. The lowest BCUT2D eigenvalue weighted by atomic mass is 9.90. The number of hydrogen-bond acceptors (Lipinski definition) is 2. The molecule has 0 aromatic carbocycles. The third-order valence-corrected chi connectivity index (χ3v) is 4.53. The van der Waals surface area contributed by atoms with Gasteiger partial charge in [-0.1, -0.05) is 32.4 Å². The van der Waals surface area contributed by atoms with Crippen LogP contribution in [0.15, 0.2) is 12.1 Å². The van der Waals surface area contributed by atoms with Crippen LogP contribution >= 0.6 is 22.9 Å². The highest BCUT2D eigenvalue weighted by Gasteiger charge is 2.22. The van der Waals surface area contributed by atoms with Crippen LogP contribution in [0.25, 0.3) is 0 Å². The van der Waals surface area contributed by atoms with E-state index in [4.69, 9.17) is 11.6 Å². The van der Waals surface area contributed by atoms with Crippen molar-refractivity contribution in [3.8, 4) is 0 Å². The molecular formula is C12H20ClNS. The summed E-state index contributed by atoms with van der Waals surface area (Å²) in [6, 6.07) is 4.07. The van der Waals surface area contributed by atoms with Gasteiger partial charge in [-0.05, 0) is 31.4 Å². The quantitative estimate of drug-likeness (QED) is 0.780. The largest absolute Gasteiger partial charge is 0.306 e. The molecule has 15 heavy (non-hydrogen) atoms. The molecule has 0 bridgehead atoms. The molecule has 3 heteroatoms. The summed E-state index contributed by atoms with van der Waals surface area (Å²) in [4.78, 5) is 1.32. The first-order valence-electron chi connectivity index (χ1n) is 5.65. The summed E-state index contributed by atoms with van der Waals surface area (Å²) in [7, 11) is 0. The number of rotatable bonds is 6. The molecule has 1 heterocycles. The van der Waals surface area contributed by atoms with Gasteiger partial charge < -0.3 is 5.32 Å². The zero-order valence-electron chi connectivity index (χ0n) is 9.77. The van der Waals surface area contributed by atoms with Crippen LogP contribution in [0.1, 0.15) is 44.9 Å². The number of thiophene rings is 1. The van der Waals surface area contributed by atoms with E-state index in [-0.39, 0.29) is 0 Å². The second-order valence-electron chi connectivity index (χ2n) is 3.90. The molecule has 0 fully saturated rings. The van der Waals surface area contributed by atoms with Crippen molar-refractivity contribution in [2.45, 2.75) is 52.1 Å². The van der Waals surface area contributed by atoms with Gasteiger partial charge in [0.2, 0.25) is 0 Å². The average Bonchev–Trinajstić information content (AvgIpc) is 2.67. The van der Waals surface area contributed by atoms with Crippen LogP contribution in [0.5, 0.6) is 0 Å². The zero-order valence-corrected chi connectivity index (χ0v) is 11.3. The first kappa shape index (κ1) is 13.0. The van der Waals surface area contributed by atoms with E-state index < -0.39 is 0 Å². The number of hydrogen-bond donors (Lipinski definition) is 1. The summed E-state index contributed by atoms with van der Waals surface area (Å²) in [5, 5.41) is 3.66. The number of nitrogens with one attached hydrogen (secondary N) is 1. The molecule has 0 unspecified atom stereocenters. The van der Waals surface area contributed by atoms with Crippen molar-refractivity contribution in [3.63, 3.8) is 0 Å². The van der Waals surface area contributed by atoms with E-state index in [1.54, 1.807) is 11.3 Å². The van der Waals surface area contributed by atoms with Gasteiger partial charge >= 0.3 is 0 Å². The third-order valence-electron chi connectivity index (χ3n) is 3.30. The van der Waals surface area contributed by atoms with E-state index in [9.17, 15) is 0 Å². The SMILES string of the molecule is CCC(CC)(CC)NCc1ccc(Cl)s1. The van der Waals surface area contributed by atoms with Gasteiger partial charge in [0.1, 0.15) is 0 Å². The van der Waals surface area contributed by atoms with Crippen molar-refractivity contribution < 1.29 is 0 Å². The molecule has 0 saturated heterocycles. The monoisotopic (exact) mass is 245 g/mol. The lowest BCUT2D eigenvalue weighted by molar-refractivity contribution is 0.289. The predicted molar refractivity (Wildman–Crippen MR) is 69.8 cm³/mol. The Labute approximate surface area is 102 Å². The predicted octanol–water partition coefficient (Wildman–Crippen LogP) is 4.46. The van der Waals surface area contributed by atoms with Gasteiger partial charge in [0.05, 0.1) is 4.34 Å². The molecule has 86 valence electrons. The van der Waals surface area contributed by atoms with Crippen molar-refractivity contribution in [1.29, 1.82) is 0 Å². The zero-order chi connectivity index (χ0) is 11.3. The Kier molecular flexibility index (Phi) is 5.10. The van der Waals surface area contributed by atoms with E-state index in [1.807, 2.05) is 6.07 Å². The molecule has 0 radical (unpaired) electrons. The molecule has 1 nitrogen and oxygen atoms in total. The van der Waals surface area contributed by atoms with Gasteiger partial charge in [-0.15, -0.1) is 11.3 Å². The Balaban J connectivity index is 2.54. The second-order valence-corrected chi connectivity index (χ2v) is 5.70. The standard InChI is InChI=1S/C12H20ClNS/c1-4-12(5-2,6-3)14-9-10-7-8-11(13)15-10/h7-8,14H,4-6,9H2,1-3H3. The van der Waals surface area contributed by atoms with Crippen molar-refractivity contribution in [2.75, 3.05) is 0 Å². The van der Waals surface area contributed by atoms with E-state index >= 15 is 0 Å². The van der Waals surface area contributed by atoms with Crippen LogP contribution in [-0.2, 0) is 6.54 Å². The molecule has 0 aliphatic rings. The summed E-state index contributed by atoms with van der Waals surface area (Å²) >= 11 is 7.57. The summed E-state index contributed by atoms with van der Waals surface area (Å²) in [6.07, 6.45) is 3.54. The lowest BCUT2D eigenvalue weighted by Gasteiger charge is -2.31. The van der Waals surface area contributed by atoms with Gasteiger partial charge in [-0.2, -0.15) is 0 Å². The first-order chi connectivity index (χ1) is 7.15. The summed E-state index contributed by atoms with van der Waals surface area (Å²) in [6.45, 7) is 7.69. The minimum Gasteiger partial charge on any atom is -0.306 e. The van der Waals surface area contributed by atoms with Gasteiger partial charge in [0.15, 0.2) is 0 Å². The number of halogens is 1. The van der Waals surface area contributed by atoms with Crippen LogP contribution < -0.4 is 5.32 Å². The van der Waals surface area contributed by atoms with Crippen molar-refractivity contribution in [1.82, 2.24) is 5.32 Å². The Hall–Kier alpha value is -0.0500. The molecule has 1 aromatic rings. The minimum atomic E-state index is 0.302. The lowest BCUT2D eigenvalue weighted by Crippen LogP contribution is -2.42. The third kappa shape index (κ3) is 3.47. The molecule has 1 aromatic heterocycles. The summed E-state index contributed by atoms with van der Waals surface area (Å²) in [5.74, 6) is 0. The van der Waals surface area contributed by atoms with Gasteiger partial charge in [0, 0.05) is 17.0 Å². The fraction of sp³-hybridized carbons (Fsp3) is 0.667. The highest BCUT2D eigenvalue weighted by Crippen LogP contribution is 2.24. The molecule has 0 aliphatic carbocycles. The molecular weight excluding hydrogens is 226 g/mol. The average molecular weight is 246 g/mol. The van der Waals surface area contributed by atoms with Crippen LogP contribution in [0.3, 0.4) is 0 Å². The summed E-state index contributed by atoms with van der Waals surface area (Å²) < 4.78 is 0.877. The molecule has 1 rings (SSSR count). The maximum Gasteiger partial charge on any atom is 0.0931 e. The highest BCUT2D eigenvalue weighted by atomic mass is 35.5. The maximum absolute atomic E-state index is 5.90. The molecule has 0 amide bonds. The van der Waals surface area contributed by atoms with Crippen LogP contribution in [0.4, 0.5) is 0 Å². The topological polar surface area (TPSA) is 12.0 Å². The molecule has 0 spiro atoms. The van der Waals surface area contributed by atoms with E-state index in [0.717, 1.165) is 10.9 Å². The van der Waals surface area contributed by atoms with Gasteiger partial charge in [0.25, 0.3) is 0 Å². The fourth-order valence-corrected chi connectivity index (χ4v) is 2.87. The molecule has 0 aliphatic heterocycles. The Morgan fingerprint density at radius 3 is 2.20 bits per heavy atom. The van der Waals surface area contributed by atoms with E-state index in [1.165, 1.54) is 24.1 Å². The normalized spacial score (nSPS) is 12.0.